The predicted molar refractivity (Wildman–Crippen MR) is 70.8 cm³/mol. The molecule has 0 radical (unpaired) electrons. The van der Waals surface area contributed by atoms with Crippen molar-refractivity contribution in [3.8, 4) is 5.75 Å². The molecule has 0 aliphatic heterocycles. The van der Waals surface area contributed by atoms with E-state index < -0.39 is 11.9 Å². The monoisotopic (exact) mass is 309 g/mol. The Bertz CT molecular complexity index is 440. The standard InChI is InChI=1S/C7H6ClNO2.C6H12O2.Na/c8-4-1-2-6(10)5(3-4)7(9)11;1-2-3-4-5-6(7)8;/h1-3,10H,(H2,9,11);2-5H2,1H3,(H,7,8);/q;;+1/p-1. The number of phenols is 1. The molecule has 0 unspecified atom stereocenters. The number of nitrogens with two attached hydrogens (primary N) is 1. The third-order valence-corrected chi connectivity index (χ3v) is 2.44. The number of carbonyl (C=O) groups excluding carboxylic acids is 2. The molecular weight excluding hydrogens is 293 g/mol. The molecule has 3 N–H and O–H groups in total. The molecule has 0 saturated carbocycles. The van der Waals surface area contributed by atoms with Crippen LogP contribution >= 0.6 is 11.6 Å². The van der Waals surface area contributed by atoms with Crippen molar-refractivity contribution < 1.29 is 49.4 Å². The average Bonchev–Trinajstić information content (AvgIpc) is 2.33. The van der Waals surface area contributed by atoms with E-state index in [1.165, 1.54) is 18.2 Å². The minimum Gasteiger partial charge on any atom is -0.550 e. The van der Waals surface area contributed by atoms with Crippen molar-refractivity contribution >= 4 is 23.5 Å². The zero-order valence-electron chi connectivity index (χ0n) is 11.7. The fourth-order valence-corrected chi connectivity index (χ4v) is 1.40. The summed E-state index contributed by atoms with van der Waals surface area (Å²) < 4.78 is 0. The Balaban J connectivity index is 0. The number of carbonyl (C=O) groups is 2. The number of rotatable bonds is 5. The first kappa shape index (κ1) is 21.5. The van der Waals surface area contributed by atoms with E-state index in [2.05, 4.69) is 0 Å². The molecule has 0 aliphatic rings. The van der Waals surface area contributed by atoms with Gasteiger partial charge in [-0.05, 0) is 31.0 Å². The molecular formula is C13H17ClNNaO4. The van der Waals surface area contributed by atoms with Gasteiger partial charge in [0.15, 0.2) is 0 Å². The second kappa shape index (κ2) is 12.0. The predicted octanol–water partition coefficient (Wildman–Crippen LogP) is -1.53. The van der Waals surface area contributed by atoms with Crippen LogP contribution in [0.4, 0.5) is 0 Å². The van der Waals surface area contributed by atoms with Gasteiger partial charge in [0, 0.05) is 11.0 Å². The molecule has 0 aromatic heterocycles. The number of hydrogen-bond acceptors (Lipinski definition) is 4. The molecule has 0 heterocycles. The zero-order chi connectivity index (χ0) is 14.8. The number of aromatic hydroxyl groups is 1. The van der Waals surface area contributed by atoms with Crippen LogP contribution in [0.15, 0.2) is 18.2 Å². The quantitative estimate of drug-likeness (QED) is 0.508. The number of hydrogen-bond donors (Lipinski definition) is 2. The van der Waals surface area contributed by atoms with Gasteiger partial charge in [0.1, 0.15) is 5.75 Å². The summed E-state index contributed by atoms with van der Waals surface area (Å²) in [5.41, 5.74) is 4.97. The van der Waals surface area contributed by atoms with Gasteiger partial charge in [-0.3, -0.25) is 4.79 Å². The first-order valence-corrected chi connectivity index (χ1v) is 6.24. The number of benzene rings is 1. The van der Waals surface area contributed by atoms with Gasteiger partial charge in [0.25, 0.3) is 5.91 Å². The molecule has 7 heteroatoms. The van der Waals surface area contributed by atoms with Crippen molar-refractivity contribution in [1.29, 1.82) is 0 Å². The Morgan fingerprint density at radius 3 is 2.35 bits per heavy atom. The van der Waals surface area contributed by atoms with E-state index in [1.807, 2.05) is 6.92 Å². The number of primary amides is 1. The Labute approximate surface area is 145 Å². The number of amides is 1. The van der Waals surface area contributed by atoms with E-state index in [9.17, 15) is 14.7 Å². The van der Waals surface area contributed by atoms with Gasteiger partial charge in [-0.1, -0.05) is 31.4 Å². The van der Waals surface area contributed by atoms with E-state index in [0.29, 0.717) is 5.02 Å². The Morgan fingerprint density at radius 2 is 1.95 bits per heavy atom. The number of halogens is 1. The van der Waals surface area contributed by atoms with Gasteiger partial charge in [-0.25, -0.2) is 0 Å². The molecule has 0 aliphatic carbocycles. The molecule has 1 aromatic carbocycles. The third kappa shape index (κ3) is 10.1. The van der Waals surface area contributed by atoms with Gasteiger partial charge in [0.2, 0.25) is 0 Å². The normalized spacial score (nSPS) is 8.90. The Hall–Kier alpha value is -0.750. The molecule has 1 aromatic rings. The smallest absolute Gasteiger partial charge is 0.550 e. The maximum Gasteiger partial charge on any atom is 1.00 e. The number of aliphatic carboxylic acids is 1. The van der Waals surface area contributed by atoms with Gasteiger partial charge in [0.05, 0.1) is 5.56 Å². The van der Waals surface area contributed by atoms with Crippen molar-refractivity contribution in [2.75, 3.05) is 0 Å². The first-order chi connectivity index (χ1) is 8.88. The summed E-state index contributed by atoms with van der Waals surface area (Å²) in [6.07, 6.45) is 3.04. The zero-order valence-corrected chi connectivity index (χ0v) is 14.4. The van der Waals surface area contributed by atoms with Crippen LogP contribution < -0.4 is 40.4 Å². The topological polar surface area (TPSA) is 103 Å². The molecule has 5 nitrogen and oxygen atoms in total. The largest absolute Gasteiger partial charge is 1.00 e. The van der Waals surface area contributed by atoms with Gasteiger partial charge in [-0.2, -0.15) is 0 Å². The average molecular weight is 310 g/mol. The van der Waals surface area contributed by atoms with Crippen molar-refractivity contribution in [2.45, 2.75) is 32.6 Å². The second-order valence-electron chi connectivity index (χ2n) is 3.85. The fraction of sp³-hybridized carbons (Fsp3) is 0.385. The Morgan fingerprint density at radius 1 is 1.35 bits per heavy atom. The molecule has 0 saturated heterocycles. The molecule has 20 heavy (non-hydrogen) atoms. The van der Waals surface area contributed by atoms with Crippen molar-refractivity contribution in [2.24, 2.45) is 5.73 Å². The summed E-state index contributed by atoms with van der Waals surface area (Å²) >= 11 is 5.54. The summed E-state index contributed by atoms with van der Waals surface area (Å²) in [4.78, 5) is 20.3. The summed E-state index contributed by atoms with van der Waals surface area (Å²) in [7, 11) is 0. The van der Waals surface area contributed by atoms with Crippen LogP contribution in [0.1, 0.15) is 43.0 Å². The van der Waals surface area contributed by atoms with Gasteiger partial charge >= 0.3 is 29.6 Å². The van der Waals surface area contributed by atoms with E-state index in [1.54, 1.807) is 0 Å². The molecule has 0 fully saturated rings. The van der Waals surface area contributed by atoms with Crippen LogP contribution in [0.3, 0.4) is 0 Å². The van der Waals surface area contributed by atoms with Crippen LogP contribution in [0.2, 0.25) is 5.02 Å². The number of carboxylic acid groups (broad SMARTS) is 1. The third-order valence-electron chi connectivity index (χ3n) is 2.21. The van der Waals surface area contributed by atoms with Crippen molar-refractivity contribution in [1.82, 2.24) is 0 Å². The summed E-state index contributed by atoms with van der Waals surface area (Å²) in [5, 5.41) is 19.2. The van der Waals surface area contributed by atoms with E-state index in [0.717, 1.165) is 19.3 Å². The fourth-order valence-electron chi connectivity index (χ4n) is 1.22. The first-order valence-electron chi connectivity index (χ1n) is 5.86. The van der Waals surface area contributed by atoms with Gasteiger partial charge < -0.3 is 20.7 Å². The minimum absolute atomic E-state index is 0. The Kier molecular flexibility index (Phi) is 13.0. The van der Waals surface area contributed by atoms with E-state index in [4.69, 9.17) is 22.4 Å². The SMILES string of the molecule is CCCCCC(=O)[O-].NC(=O)c1cc(Cl)ccc1O.[Na+]. The van der Waals surface area contributed by atoms with Gasteiger partial charge in [-0.15, -0.1) is 0 Å². The van der Waals surface area contributed by atoms with Crippen LogP contribution in [-0.4, -0.2) is 17.0 Å². The molecule has 106 valence electrons. The van der Waals surface area contributed by atoms with Crippen molar-refractivity contribution in [3.63, 3.8) is 0 Å². The maximum atomic E-state index is 10.6. The molecule has 1 rings (SSSR count). The molecule has 1 amide bonds. The van der Waals surface area contributed by atoms with Crippen LogP contribution in [0.5, 0.6) is 5.75 Å². The number of unbranched alkanes of at least 4 members (excludes halogenated alkanes) is 2. The summed E-state index contributed by atoms with van der Waals surface area (Å²) in [6, 6.07) is 4.12. The maximum absolute atomic E-state index is 10.6. The van der Waals surface area contributed by atoms with Crippen LogP contribution in [0.25, 0.3) is 0 Å². The van der Waals surface area contributed by atoms with Crippen molar-refractivity contribution in [3.05, 3.63) is 28.8 Å². The molecule has 0 bridgehead atoms. The van der Waals surface area contributed by atoms with E-state index >= 15 is 0 Å². The number of carboxylic acids is 1. The second-order valence-corrected chi connectivity index (χ2v) is 4.29. The molecule has 0 atom stereocenters. The van der Waals surface area contributed by atoms with Crippen LogP contribution in [-0.2, 0) is 4.79 Å². The molecule has 0 spiro atoms. The minimum atomic E-state index is -0.932. The van der Waals surface area contributed by atoms with Crippen LogP contribution in [0, 0.1) is 0 Å². The van der Waals surface area contributed by atoms with E-state index in [-0.39, 0.29) is 47.3 Å². The summed E-state index contributed by atoms with van der Waals surface area (Å²) in [5.74, 6) is -1.77. The summed E-state index contributed by atoms with van der Waals surface area (Å²) in [6.45, 7) is 2.04.